The second kappa shape index (κ2) is 4.41. The third-order valence-corrected chi connectivity index (χ3v) is 2.58. The molecule has 0 unspecified atom stereocenters. The third-order valence-electron chi connectivity index (χ3n) is 2.58. The summed E-state index contributed by atoms with van der Waals surface area (Å²) < 4.78 is 5.44. The topological polar surface area (TPSA) is 94.0 Å². The van der Waals surface area contributed by atoms with Crippen LogP contribution in [0.25, 0.3) is 11.0 Å². The van der Waals surface area contributed by atoms with Crippen LogP contribution in [0, 0.1) is 0 Å². The van der Waals surface area contributed by atoms with Crippen molar-refractivity contribution in [2.45, 2.75) is 0 Å². The number of furan rings is 1. The largest absolute Gasteiger partial charge is 0.451 e. The number of benzene rings is 1. The molecular weight excluding hydrogens is 244 g/mol. The Kier molecular flexibility index (Phi) is 2.60. The van der Waals surface area contributed by atoms with Gasteiger partial charge in [-0.3, -0.25) is 4.79 Å². The molecule has 2 aromatic heterocycles. The maximum Gasteiger partial charge on any atom is 0.292 e. The van der Waals surface area contributed by atoms with Gasteiger partial charge < -0.3 is 15.5 Å². The Morgan fingerprint density at radius 2 is 2.16 bits per heavy atom. The molecule has 0 spiro atoms. The highest BCUT2D eigenvalue weighted by Gasteiger charge is 2.13. The van der Waals surface area contributed by atoms with E-state index >= 15 is 0 Å². The Bertz CT molecular complexity index is 737. The van der Waals surface area contributed by atoms with Crippen molar-refractivity contribution >= 4 is 28.4 Å². The molecule has 0 radical (unpaired) electrons. The van der Waals surface area contributed by atoms with E-state index in [1.165, 1.54) is 6.20 Å². The number of nitrogens with zero attached hydrogens (tertiary/aromatic N) is 2. The smallest absolute Gasteiger partial charge is 0.292 e. The molecule has 0 bridgehead atoms. The second-order valence-corrected chi connectivity index (χ2v) is 3.97. The first kappa shape index (κ1) is 11.2. The van der Waals surface area contributed by atoms with Crippen LogP contribution < -0.4 is 11.1 Å². The van der Waals surface area contributed by atoms with Gasteiger partial charge in [0.15, 0.2) is 11.6 Å². The van der Waals surface area contributed by atoms with Gasteiger partial charge >= 0.3 is 0 Å². The number of nitrogen functional groups attached to an aromatic ring is 1. The first-order valence-corrected chi connectivity index (χ1v) is 5.60. The summed E-state index contributed by atoms with van der Waals surface area (Å²) in [5.41, 5.74) is 6.90. The Morgan fingerprint density at radius 3 is 2.95 bits per heavy atom. The number of anilines is 2. The molecule has 19 heavy (non-hydrogen) atoms. The van der Waals surface area contributed by atoms with E-state index in [0.29, 0.717) is 17.1 Å². The molecule has 0 saturated heterocycles. The number of carbonyl (C=O) groups excluding carboxylic acids is 1. The summed E-state index contributed by atoms with van der Waals surface area (Å²) in [5, 5.41) is 10.8. The van der Waals surface area contributed by atoms with Gasteiger partial charge in [-0.25, -0.2) is 0 Å². The summed E-state index contributed by atoms with van der Waals surface area (Å²) in [5.74, 6) is 0.189. The van der Waals surface area contributed by atoms with E-state index in [2.05, 4.69) is 15.5 Å². The maximum absolute atomic E-state index is 12.0. The van der Waals surface area contributed by atoms with Crippen LogP contribution in [0.2, 0.25) is 0 Å². The molecule has 3 aromatic rings. The van der Waals surface area contributed by atoms with Crippen LogP contribution in [0.1, 0.15) is 10.6 Å². The summed E-state index contributed by atoms with van der Waals surface area (Å²) in [6.45, 7) is 0. The van der Waals surface area contributed by atoms with E-state index in [0.717, 1.165) is 5.39 Å². The van der Waals surface area contributed by atoms with E-state index < -0.39 is 0 Å². The molecule has 0 aliphatic carbocycles. The number of aromatic nitrogens is 2. The number of rotatable bonds is 2. The molecule has 3 rings (SSSR count). The minimum absolute atomic E-state index is 0.200. The SMILES string of the molecule is Nc1ccc2oc(C(=O)Nc3cccnn3)cc2c1. The molecule has 0 aliphatic heterocycles. The first-order valence-electron chi connectivity index (χ1n) is 5.60. The van der Waals surface area contributed by atoms with Crippen LogP contribution >= 0.6 is 0 Å². The van der Waals surface area contributed by atoms with E-state index in [1.54, 1.807) is 36.4 Å². The van der Waals surface area contributed by atoms with Gasteiger partial charge in [0.05, 0.1) is 0 Å². The number of nitrogens with one attached hydrogen (secondary N) is 1. The molecule has 94 valence electrons. The van der Waals surface area contributed by atoms with Crippen LogP contribution in [0.5, 0.6) is 0 Å². The van der Waals surface area contributed by atoms with Crippen molar-refractivity contribution in [3.05, 3.63) is 48.4 Å². The minimum Gasteiger partial charge on any atom is -0.451 e. The fourth-order valence-corrected chi connectivity index (χ4v) is 1.72. The lowest BCUT2D eigenvalue weighted by Gasteiger charge is -1.99. The maximum atomic E-state index is 12.0. The van der Waals surface area contributed by atoms with Crippen molar-refractivity contribution in [2.24, 2.45) is 0 Å². The van der Waals surface area contributed by atoms with Gasteiger partial charge in [0, 0.05) is 17.3 Å². The Balaban J connectivity index is 1.89. The molecule has 6 heteroatoms. The highest BCUT2D eigenvalue weighted by atomic mass is 16.3. The predicted molar refractivity (Wildman–Crippen MR) is 70.6 cm³/mol. The molecule has 0 aliphatic rings. The Hall–Kier alpha value is -2.89. The van der Waals surface area contributed by atoms with E-state index in [4.69, 9.17) is 10.2 Å². The van der Waals surface area contributed by atoms with Crippen molar-refractivity contribution in [1.82, 2.24) is 10.2 Å². The molecule has 0 atom stereocenters. The van der Waals surface area contributed by atoms with Gasteiger partial charge in [-0.2, -0.15) is 5.10 Å². The fraction of sp³-hybridized carbons (Fsp3) is 0. The number of hydrogen-bond donors (Lipinski definition) is 2. The van der Waals surface area contributed by atoms with Gasteiger partial charge in [-0.05, 0) is 36.4 Å². The molecule has 3 N–H and O–H groups in total. The average Bonchev–Trinajstić information content (AvgIpc) is 2.83. The summed E-state index contributed by atoms with van der Waals surface area (Å²) in [4.78, 5) is 12.0. The number of carbonyl (C=O) groups is 1. The predicted octanol–water partition coefficient (Wildman–Crippen LogP) is 2.06. The average molecular weight is 254 g/mol. The molecule has 1 aromatic carbocycles. The summed E-state index contributed by atoms with van der Waals surface area (Å²) in [7, 11) is 0. The zero-order valence-electron chi connectivity index (χ0n) is 9.83. The molecule has 0 fully saturated rings. The number of amides is 1. The molecule has 2 heterocycles. The minimum atomic E-state index is -0.379. The Labute approximate surface area is 108 Å². The Morgan fingerprint density at radius 1 is 1.26 bits per heavy atom. The van der Waals surface area contributed by atoms with Gasteiger partial charge in [0.1, 0.15) is 5.58 Å². The molecule has 6 nitrogen and oxygen atoms in total. The van der Waals surface area contributed by atoms with Crippen molar-refractivity contribution in [3.63, 3.8) is 0 Å². The van der Waals surface area contributed by atoms with Crippen molar-refractivity contribution in [3.8, 4) is 0 Å². The van der Waals surface area contributed by atoms with Gasteiger partial charge in [-0.15, -0.1) is 5.10 Å². The normalized spacial score (nSPS) is 10.5. The van der Waals surface area contributed by atoms with E-state index in [9.17, 15) is 4.79 Å². The van der Waals surface area contributed by atoms with E-state index in [1.807, 2.05) is 0 Å². The highest BCUT2D eigenvalue weighted by molar-refractivity contribution is 6.04. The van der Waals surface area contributed by atoms with Crippen LogP contribution in [0.3, 0.4) is 0 Å². The zero-order chi connectivity index (χ0) is 13.2. The summed E-state index contributed by atoms with van der Waals surface area (Å²) in [6.07, 6.45) is 1.53. The molecule has 1 amide bonds. The van der Waals surface area contributed by atoms with Gasteiger partial charge in [-0.1, -0.05) is 0 Å². The lowest BCUT2D eigenvalue weighted by atomic mass is 10.2. The van der Waals surface area contributed by atoms with Crippen LogP contribution in [0.15, 0.2) is 47.0 Å². The summed E-state index contributed by atoms with van der Waals surface area (Å²) >= 11 is 0. The second-order valence-electron chi connectivity index (χ2n) is 3.97. The number of nitrogens with two attached hydrogens (primary N) is 1. The number of hydrogen-bond acceptors (Lipinski definition) is 5. The van der Waals surface area contributed by atoms with Crippen LogP contribution in [-0.4, -0.2) is 16.1 Å². The van der Waals surface area contributed by atoms with Crippen molar-refractivity contribution in [2.75, 3.05) is 11.1 Å². The van der Waals surface area contributed by atoms with Gasteiger partial charge in [0.2, 0.25) is 0 Å². The fourth-order valence-electron chi connectivity index (χ4n) is 1.72. The van der Waals surface area contributed by atoms with Crippen molar-refractivity contribution < 1.29 is 9.21 Å². The molecular formula is C13H10N4O2. The third kappa shape index (κ3) is 2.23. The lowest BCUT2D eigenvalue weighted by molar-refractivity contribution is 0.0998. The quantitative estimate of drug-likeness (QED) is 0.682. The number of fused-ring (bicyclic) bond motifs is 1. The monoisotopic (exact) mass is 254 g/mol. The summed E-state index contributed by atoms with van der Waals surface area (Å²) in [6, 6.07) is 10.2. The standard InChI is InChI=1S/C13H10N4O2/c14-9-3-4-10-8(6-9)7-11(19-10)13(18)16-12-2-1-5-15-17-12/h1-7H,14H2,(H,16,17,18). The van der Waals surface area contributed by atoms with Crippen LogP contribution in [0.4, 0.5) is 11.5 Å². The molecule has 0 saturated carbocycles. The van der Waals surface area contributed by atoms with E-state index in [-0.39, 0.29) is 11.7 Å². The lowest BCUT2D eigenvalue weighted by Crippen LogP contribution is -2.12. The van der Waals surface area contributed by atoms with Gasteiger partial charge in [0.25, 0.3) is 5.91 Å². The zero-order valence-corrected chi connectivity index (χ0v) is 9.83. The van der Waals surface area contributed by atoms with Crippen LogP contribution in [-0.2, 0) is 0 Å². The first-order chi connectivity index (χ1) is 9.22. The highest BCUT2D eigenvalue weighted by Crippen LogP contribution is 2.22. The van der Waals surface area contributed by atoms with Crippen molar-refractivity contribution in [1.29, 1.82) is 0 Å².